The van der Waals surface area contributed by atoms with Crippen LogP contribution in [0.1, 0.15) is 13.3 Å². The number of nitro groups is 1. The molecule has 1 aliphatic rings. The van der Waals surface area contributed by atoms with Crippen LogP contribution in [0.25, 0.3) is 0 Å². The summed E-state index contributed by atoms with van der Waals surface area (Å²) in [5, 5.41) is 20.3. The van der Waals surface area contributed by atoms with E-state index < -0.39 is 16.9 Å². The maximum absolute atomic E-state index is 11.4. The highest BCUT2D eigenvalue weighted by atomic mass is 35.5. The minimum atomic E-state index is -1.09. The monoisotopic (exact) mass is 316 g/mol. The van der Waals surface area contributed by atoms with Gasteiger partial charge in [0.1, 0.15) is 12.2 Å². The molecule has 0 saturated carbocycles. The molecule has 9 nitrogen and oxygen atoms in total. The maximum atomic E-state index is 11.4. The summed E-state index contributed by atoms with van der Waals surface area (Å²) in [7, 11) is 0. The lowest BCUT2D eigenvalue weighted by molar-refractivity contribution is -0.384. The summed E-state index contributed by atoms with van der Waals surface area (Å²) in [5.41, 5.74) is -0.383. The van der Waals surface area contributed by atoms with Gasteiger partial charge in [-0.3, -0.25) is 10.1 Å². The zero-order valence-electron chi connectivity index (χ0n) is 11.1. The lowest BCUT2D eigenvalue weighted by Crippen LogP contribution is -2.56. The van der Waals surface area contributed by atoms with E-state index in [9.17, 15) is 20.0 Å². The normalized spacial score (nSPS) is 16.1. The Bertz CT molecular complexity index is 566. The van der Waals surface area contributed by atoms with Gasteiger partial charge in [-0.2, -0.15) is 4.98 Å². The maximum Gasteiger partial charge on any atom is 0.329 e. The zero-order valence-corrected chi connectivity index (χ0v) is 11.9. The Morgan fingerprint density at radius 3 is 2.81 bits per heavy atom. The molecular formula is C11H13ClN4O5. The second kappa shape index (κ2) is 6.19. The fourth-order valence-corrected chi connectivity index (χ4v) is 2.24. The van der Waals surface area contributed by atoms with Crippen LogP contribution in [0.15, 0.2) is 6.20 Å². The van der Waals surface area contributed by atoms with E-state index in [1.165, 1.54) is 4.90 Å². The molecule has 0 aliphatic carbocycles. The van der Waals surface area contributed by atoms with Crippen LogP contribution in [0.4, 0.5) is 11.5 Å². The van der Waals surface area contributed by atoms with Crippen molar-refractivity contribution >= 4 is 29.1 Å². The largest absolute Gasteiger partial charge is 0.480 e. The molecule has 114 valence electrons. The molecule has 0 bridgehead atoms. The first-order valence-electron chi connectivity index (χ1n) is 6.21. The van der Waals surface area contributed by atoms with Crippen molar-refractivity contribution in [2.75, 3.05) is 18.1 Å². The first-order valence-corrected chi connectivity index (χ1v) is 6.59. The molecule has 0 spiro atoms. The van der Waals surface area contributed by atoms with Crippen molar-refractivity contribution in [1.82, 2.24) is 9.97 Å². The number of aliphatic carboxylic acids is 1. The van der Waals surface area contributed by atoms with Gasteiger partial charge in [0.2, 0.25) is 11.1 Å². The highest BCUT2D eigenvalue weighted by Crippen LogP contribution is 2.32. The van der Waals surface area contributed by atoms with Crippen LogP contribution in [-0.4, -0.2) is 51.3 Å². The van der Waals surface area contributed by atoms with Gasteiger partial charge < -0.3 is 14.7 Å². The molecule has 1 fully saturated rings. The van der Waals surface area contributed by atoms with Gasteiger partial charge in [-0.25, -0.2) is 9.78 Å². The topological polar surface area (TPSA) is 119 Å². The molecule has 21 heavy (non-hydrogen) atoms. The number of aromatic nitrogens is 2. The number of ether oxygens (including phenoxy) is 1. The standard InChI is InChI=1S/C11H13ClN4O5/c1-2-7(10(17)18)15(6-4-21-5-6)9-8(16(19)20)3-13-11(12)14-9/h3,6-7H,2,4-5H2,1H3,(H,17,18)/t7-/m1/s1. The molecule has 1 aromatic heterocycles. The van der Waals surface area contributed by atoms with Gasteiger partial charge >= 0.3 is 11.7 Å². The van der Waals surface area contributed by atoms with Gasteiger partial charge in [-0.05, 0) is 18.0 Å². The Hall–Kier alpha value is -2.00. The number of hydrogen-bond donors (Lipinski definition) is 1. The molecule has 2 heterocycles. The molecule has 1 N–H and O–H groups in total. The predicted molar refractivity (Wildman–Crippen MR) is 72.5 cm³/mol. The first-order chi connectivity index (χ1) is 9.95. The quantitative estimate of drug-likeness (QED) is 0.471. The van der Waals surface area contributed by atoms with E-state index in [0.29, 0.717) is 0 Å². The number of hydrogen-bond acceptors (Lipinski definition) is 7. The molecule has 0 aromatic carbocycles. The molecule has 1 atom stereocenters. The summed E-state index contributed by atoms with van der Waals surface area (Å²) in [4.78, 5) is 30.7. The van der Waals surface area contributed by atoms with E-state index in [2.05, 4.69) is 9.97 Å². The lowest BCUT2D eigenvalue weighted by atomic mass is 10.1. The SMILES string of the molecule is CC[C@H](C(=O)O)N(c1nc(Cl)ncc1[N+](=O)[O-])C1COC1. The third-order valence-corrected chi connectivity index (χ3v) is 3.37. The van der Waals surface area contributed by atoms with Crippen LogP contribution in [0, 0.1) is 10.1 Å². The number of halogens is 1. The van der Waals surface area contributed by atoms with Gasteiger partial charge in [0.05, 0.1) is 24.2 Å². The van der Waals surface area contributed by atoms with Crippen molar-refractivity contribution in [3.63, 3.8) is 0 Å². The van der Waals surface area contributed by atoms with Gasteiger partial charge in [0, 0.05) is 0 Å². The fraction of sp³-hybridized carbons (Fsp3) is 0.545. The van der Waals surface area contributed by atoms with Crippen molar-refractivity contribution < 1.29 is 19.6 Å². The second-order valence-electron chi connectivity index (χ2n) is 4.47. The highest BCUT2D eigenvalue weighted by molar-refractivity contribution is 6.28. The average Bonchev–Trinajstić information content (AvgIpc) is 2.35. The van der Waals surface area contributed by atoms with Crippen LogP contribution in [0.2, 0.25) is 5.28 Å². The molecule has 1 aliphatic heterocycles. The molecule has 2 rings (SSSR count). The Kier molecular flexibility index (Phi) is 4.53. The van der Waals surface area contributed by atoms with Gasteiger partial charge in [-0.15, -0.1) is 0 Å². The summed E-state index contributed by atoms with van der Waals surface area (Å²) in [6.45, 7) is 2.24. The molecule has 10 heteroatoms. The number of carboxylic acids is 1. The van der Waals surface area contributed by atoms with Crippen LogP contribution in [0.3, 0.4) is 0 Å². The number of nitrogens with zero attached hydrogens (tertiary/aromatic N) is 4. The number of carboxylic acid groups (broad SMARTS) is 1. The smallest absolute Gasteiger partial charge is 0.329 e. The Morgan fingerprint density at radius 2 is 2.38 bits per heavy atom. The second-order valence-corrected chi connectivity index (χ2v) is 4.80. The van der Waals surface area contributed by atoms with Crippen LogP contribution in [0.5, 0.6) is 0 Å². The van der Waals surface area contributed by atoms with Crippen molar-refractivity contribution in [1.29, 1.82) is 0 Å². The average molecular weight is 317 g/mol. The Labute approximate surface area is 124 Å². The number of anilines is 1. The third kappa shape index (κ3) is 3.03. The Morgan fingerprint density at radius 1 is 1.71 bits per heavy atom. The van der Waals surface area contributed by atoms with Crippen LogP contribution < -0.4 is 4.90 Å². The molecule has 1 saturated heterocycles. The van der Waals surface area contributed by atoms with Crippen molar-refractivity contribution in [2.24, 2.45) is 0 Å². The van der Waals surface area contributed by atoms with Gasteiger partial charge in [0.15, 0.2) is 0 Å². The Balaban J connectivity index is 2.52. The van der Waals surface area contributed by atoms with Crippen molar-refractivity contribution in [3.05, 3.63) is 21.6 Å². The van der Waals surface area contributed by atoms with E-state index in [4.69, 9.17) is 16.3 Å². The third-order valence-electron chi connectivity index (χ3n) is 3.18. The van der Waals surface area contributed by atoms with Gasteiger partial charge in [0.25, 0.3) is 0 Å². The minimum Gasteiger partial charge on any atom is -0.480 e. The van der Waals surface area contributed by atoms with E-state index in [0.717, 1.165) is 6.20 Å². The fourth-order valence-electron chi connectivity index (χ4n) is 2.11. The van der Waals surface area contributed by atoms with Gasteiger partial charge in [-0.1, -0.05) is 6.92 Å². The zero-order chi connectivity index (χ0) is 15.6. The van der Waals surface area contributed by atoms with E-state index >= 15 is 0 Å². The number of rotatable bonds is 6. The molecule has 0 radical (unpaired) electrons. The van der Waals surface area contributed by atoms with Crippen molar-refractivity contribution in [3.8, 4) is 0 Å². The lowest BCUT2D eigenvalue weighted by Gasteiger charge is -2.40. The first kappa shape index (κ1) is 15.4. The highest BCUT2D eigenvalue weighted by Gasteiger charge is 2.39. The molecular weight excluding hydrogens is 304 g/mol. The van der Waals surface area contributed by atoms with E-state index in [-0.39, 0.29) is 42.5 Å². The van der Waals surface area contributed by atoms with E-state index in [1.807, 2.05) is 0 Å². The van der Waals surface area contributed by atoms with Crippen LogP contribution in [-0.2, 0) is 9.53 Å². The van der Waals surface area contributed by atoms with Crippen molar-refractivity contribution in [2.45, 2.75) is 25.4 Å². The van der Waals surface area contributed by atoms with E-state index in [1.54, 1.807) is 6.92 Å². The van der Waals surface area contributed by atoms with Crippen LogP contribution >= 0.6 is 11.6 Å². The predicted octanol–water partition coefficient (Wildman–Crippen LogP) is 1.11. The summed E-state index contributed by atoms with van der Waals surface area (Å²) >= 11 is 5.71. The summed E-state index contributed by atoms with van der Waals surface area (Å²) in [5.74, 6) is -1.18. The minimum absolute atomic E-state index is 0.0949. The summed E-state index contributed by atoms with van der Waals surface area (Å²) < 4.78 is 5.06. The summed E-state index contributed by atoms with van der Waals surface area (Å²) in [6, 6.07) is -1.25. The molecule has 0 unspecified atom stereocenters. The molecule has 1 aromatic rings. The summed E-state index contributed by atoms with van der Waals surface area (Å²) in [6.07, 6.45) is 1.23. The number of carbonyl (C=O) groups is 1. The molecule has 0 amide bonds.